The largest absolute Gasteiger partial charge is 0.347 e. The van der Waals surface area contributed by atoms with E-state index < -0.39 is 0 Å². The van der Waals surface area contributed by atoms with Crippen LogP contribution in [-0.2, 0) is 0 Å². The molecule has 9 heavy (non-hydrogen) atoms. The Kier molecular flexibility index (Phi) is 6.04. The van der Waals surface area contributed by atoms with Gasteiger partial charge in [0.05, 0.1) is 0 Å². The van der Waals surface area contributed by atoms with Crippen LogP contribution in [0.5, 0.6) is 0 Å². The highest BCUT2D eigenvalue weighted by Gasteiger charge is 1.89. The fourth-order valence-corrected chi connectivity index (χ4v) is 0.760. The molecule has 2 nitrogen and oxygen atoms in total. The van der Waals surface area contributed by atoms with Gasteiger partial charge in [0.1, 0.15) is 0 Å². The van der Waals surface area contributed by atoms with E-state index in [0.29, 0.717) is 0 Å². The number of hydrogen-bond donors (Lipinski definition) is 1. The molecule has 0 aromatic heterocycles. The highest BCUT2D eigenvalue weighted by molar-refractivity contribution is 9.18. The summed E-state index contributed by atoms with van der Waals surface area (Å²) in [4.78, 5) is 10.1. The summed E-state index contributed by atoms with van der Waals surface area (Å²) in [7, 11) is 0. The molecule has 0 bridgehead atoms. The molecule has 0 aliphatic carbocycles. The third kappa shape index (κ3) is 7.95. The van der Waals surface area contributed by atoms with Gasteiger partial charge in [0.2, 0.25) is 0 Å². The van der Waals surface area contributed by atoms with E-state index in [-0.39, 0.29) is 4.82 Å². The molecule has 0 saturated carbocycles. The molecule has 0 spiro atoms. The number of carbonyl (C=O) groups excluding carboxylic acids is 1. The summed E-state index contributed by atoms with van der Waals surface area (Å²) >= 11 is 2.78. The smallest absolute Gasteiger partial charge is 0.287 e. The fourth-order valence-electron chi connectivity index (χ4n) is 0.562. The van der Waals surface area contributed by atoms with Gasteiger partial charge in [-0.05, 0) is 6.42 Å². The summed E-state index contributed by atoms with van der Waals surface area (Å²) in [5.74, 6) is 0. The topological polar surface area (TPSA) is 29.1 Å². The molecule has 0 unspecified atom stereocenters. The van der Waals surface area contributed by atoms with Gasteiger partial charge < -0.3 is 5.32 Å². The molecular formula is C6H12BrNO. The average Bonchev–Trinajstić information content (AvgIpc) is 1.80. The van der Waals surface area contributed by atoms with E-state index in [9.17, 15) is 4.79 Å². The van der Waals surface area contributed by atoms with Gasteiger partial charge in [-0.2, -0.15) is 0 Å². The molecule has 0 saturated heterocycles. The monoisotopic (exact) mass is 193 g/mol. The van der Waals surface area contributed by atoms with Crippen molar-refractivity contribution in [2.24, 2.45) is 0 Å². The number of amides is 1. The Labute approximate surface area is 64.1 Å². The van der Waals surface area contributed by atoms with Crippen molar-refractivity contribution in [1.29, 1.82) is 0 Å². The van der Waals surface area contributed by atoms with E-state index in [1.807, 2.05) is 0 Å². The Morgan fingerprint density at radius 1 is 1.56 bits per heavy atom. The van der Waals surface area contributed by atoms with Gasteiger partial charge in [0.15, 0.2) is 0 Å². The molecular weight excluding hydrogens is 182 g/mol. The molecule has 0 aliphatic rings. The van der Waals surface area contributed by atoms with Crippen LogP contribution in [0.3, 0.4) is 0 Å². The van der Waals surface area contributed by atoms with Crippen LogP contribution in [-0.4, -0.2) is 11.4 Å². The number of rotatable bonds is 4. The van der Waals surface area contributed by atoms with Crippen molar-refractivity contribution < 1.29 is 4.79 Å². The number of carbonyl (C=O) groups is 1. The molecule has 1 N–H and O–H groups in total. The summed E-state index contributed by atoms with van der Waals surface area (Å²) in [6.45, 7) is 2.92. The van der Waals surface area contributed by atoms with Crippen molar-refractivity contribution in [1.82, 2.24) is 5.32 Å². The quantitative estimate of drug-likeness (QED) is 0.415. The van der Waals surface area contributed by atoms with Crippen LogP contribution < -0.4 is 5.32 Å². The Morgan fingerprint density at radius 3 is 2.67 bits per heavy atom. The first-order valence-electron chi connectivity index (χ1n) is 3.20. The SMILES string of the molecule is CCCCCNC(=O)Br. The molecule has 1 amide bonds. The molecule has 0 heterocycles. The molecule has 0 radical (unpaired) electrons. The highest BCUT2D eigenvalue weighted by Crippen LogP contribution is 1.91. The summed E-state index contributed by atoms with van der Waals surface area (Å²) in [6.07, 6.45) is 3.46. The predicted molar refractivity (Wildman–Crippen MR) is 41.9 cm³/mol. The molecule has 0 aromatic carbocycles. The molecule has 0 rings (SSSR count). The summed E-state index contributed by atoms with van der Waals surface area (Å²) in [5.41, 5.74) is 0. The Morgan fingerprint density at radius 2 is 2.22 bits per heavy atom. The van der Waals surface area contributed by atoms with Gasteiger partial charge in [-0.1, -0.05) is 19.8 Å². The minimum Gasteiger partial charge on any atom is -0.347 e. The van der Waals surface area contributed by atoms with Crippen molar-refractivity contribution in [3.63, 3.8) is 0 Å². The lowest BCUT2D eigenvalue weighted by Gasteiger charge is -1.97. The maximum absolute atomic E-state index is 10.2. The van der Waals surface area contributed by atoms with Crippen LogP contribution in [0.25, 0.3) is 0 Å². The second-order valence-corrected chi connectivity index (χ2v) is 2.63. The fraction of sp³-hybridized carbons (Fsp3) is 0.833. The molecule has 0 aliphatic heterocycles. The predicted octanol–water partition coefficient (Wildman–Crippen LogP) is 2.28. The Balaban J connectivity index is 2.83. The van der Waals surface area contributed by atoms with Crippen molar-refractivity contribution in [3.05, 3.63) is 0 Å². The second kappa shape index (κ2) is 6.08. The van der Waals surface area contributed by atoms with Crippen LogP contribution in [0.15, 0.2) is 0 Å². The zero-order chi connectivity index (χ0) is 7.11. The maximum Gasteiger partial charge on any atom is 0.287 e. The lowest BCUT2D eigenvalue weighted by Crippen LogP contribution is -2.16. The minimum absolute atomic E-state index is 0.112. The average molecular weight is 194 g/mol. The number of halogens is 1. The first-order valence-corrected chi connectivity index (χ1v) is 4.00. The van der Waals surface area contributed by atoms with Crippen molar-refractivity contribution >= 4 is 20.7 Å². The van der Waals surface area contributed by atoms with Gasteiger partial charge >= 0.3 is 0 Å². The number of nitrogens with one attached hydrogen (secondary N) is 1. The Bertz CT molecular complexity index is 85.1. The first-order chi connectivity index (χ1) is 4.27. The molecule has 0 aromatic rings. The van der Waals surface area contributed by atoms with Crippen LogP contribution in [0, 0.1) is 0 Å². The number of hydrogen-bond acceptors (Lipinski definition) is 1. The van der Waals surface area contributed by atoms with Gasteiger partial charge in [-0.15, -0.1) is 0 Å². The molecule has 0 atom stereocenters. The lowest BCUT2D eigenvalue weighted by atomic mass is 10.2. The first kappa shape index (κ1) is 8.95. The highest BCUT2D eigenvalue weighted by atomic mass is 79.9. The van der Waals surface area contributed by atoms with Crippen molar-refractivity contribution in [2.45, 2.75) is 26.2 Å². The van der Waals surface area contributed by atoms with Gasteiger partial charge in [0, 0.05) is 22.5 Å². The molecule has 0 fully saturated rings. The van der Waals surface area contributed by atoms with E-state index in [1.54, 1.807) is 0 Å². The lowest BCUT2D eigenvalue weighted by molar-refractivity contribution is 0.261. The molecule has 54 valence electrons. The normalized spacial score (nSPS) is 9.11. The van der Waals surface area contributed by atoms with Crippen molar-refractivity contribution in [3.8, 4) is 0 Å². The van der Waals surface area contributed by atoms with Crippen LogP contribution in [0.1, 0.15) is 26.2 Å². The van der Waals surface area contributed by atoms with E-state index in [4.69, 9.17) is 0 Å². The summed E-state index contributed by atoms with van der Waals surface area (Å²) in [6, 6.07) is 0. The third-order valence-electron chi connectivity index (χ3n) is 1.04. The summed E-state index contributed by atoms with van der Waals surface area (Å²) in [5, 5.41) is 2.66. The van der Waals surface area contributed by atoms with E-state index >= 15 is 0 Å². The van der Waals surface area contributed by atoms with Crippen molar-refractivity contribution in [2.75, 3.05) is 6.54 Å². The van der Waals surface area contributed by atoms with Gasteiger partial charge in [-0.3, -0.25) is 4.79 Å². The Hall–Kier alpha value is -0.0500. The van der Waals surface area contributed by atoms with E-state index in [2.05, 4.69) is 28.2 Å². The molecule has 3 heteroatoms. The summed E-state index contributed by atoms with van der Waals surface area (Å²) < 4.78 is 0. The zero-order valence-electron chi connectivity index (χ0n) is 5.61. The van der Waals surface area contributed by atoms with Crippen LogP contribution >= 0.6 is 15.9 Å². The standard InChI is InChI=1S/C6H12BrNO/c1-2-3-4-5-8-6(7)9/h2-5H2,1H3,(H,8,9). The zero-order valence-corrected chi connectivity index (χ0v) is 7.20. The number of unbranched alkanes of at least 4 members (excludes halogenated alkanes) is 2. The maximum atomic E-state index is 10.2. The minimum atomic E-state index is -0.112. The van der Waals surface area contributed by atoms with Crippen LogP contribution in [0.2, 0.25) is 0 Å². The van der Waals surface area contributed by atoms with Gasteiger partial charge in [-0.25, -0.2) is 0 Å². The van der Waals surface area contributed by atoms with Gasteiger partial charge in [0.25, 0.3) is 4.82 Å². The third-order valence-corrected chi connectivity index (χ3v) is 1.32. The second-order valence-electron chi connectivity index (χ2n) is 1.91. The van der Waals surface area contributed by atoms with E-state index in [0.717, 1.165) is 13.0 Å². The van der Waals surface area contributed by atoms with Crippen LogP contribution in [0.4, 0.5) is 4.79 Å². The van der Waals surface area contributed by atoms with E-state index in [1.165, 1.54) is 12.8 Å².